The van der Waals surface area contributed by atoms with E-state index >= 15 is 0 Å². The highest BCUT2D eigenvalue weighted by atomic mass is 16.2. The smallest absolute Gasteiger partial charge is 0.227 e. The van der Waals surface area contributed by atoms with Crippen LogP contribution in [0.1, 0.15) is 32.6 Å². The van der Waals surface area contributed by atoms with Crippen LogP contribution in [0.25, 0.3) is 0 Å². The molecule has 2 rings (SSSR count). The molecular weight excluding hydrogens is 242 g/mol. The average Bonchev–Trinajstić information content (AvgIpc) is 2.72. The highest BCUT2D eigenvalue weighted by Gasteiger charge is 2.27. The zero-order valence-electron chi connectivity index (χ0n) is 11.9. The van der Waals surface area contributed by atoms with E-state index in [1.807, 2.05) is 16.7 Å². The number of carbonyl (C=O) groups is 2. The fourth-order valence-electron chi connectivity index (χ4n) is 2.93. The lowest BCUT2D eigenvalue weighted by atomic mass is 9.98. The Balaban J connectivity index is 1.87. The number of carbonyl (C=O) groups excluding carboxylic acids is 2. The maximum absolute atomic E-state index is 12.4. The fourth-order valence-corrected chi connectivity index (χ4v) is 2.93. The van der Waals surface area contributed by atoms with Gasteiger partial charge in [0.05, 0.1) is 5.92 Å². The van der Waals surface area contributed by atoms with Crippen LogP contribution in [0.3, 0.4) is 0 Å². The molecular formula is C14H25N3O2. The van der Waals surface area contributed by atoms with E-state index in [4.69, 9.17) is 0 Å². The fraction of sp³-hybridized carbons (Fsp3) is 0.857. The van der Waals surface area contributed by atoms with Gasteiger partial charge in [0.15, 0.2) is 0 Å². The lowest BCUT2D eigenvalue weighted by Gasteiger charge is -2.29. The summed E-state index contributed by atoms with van der Waals surface area (Å²) >= 11 is 0. The predicted octanol–water partition coefficient (Wildman–Crippen LogP) is 0.457. The molecule has 2 aliphatic rings. The minimum atomic E-state index is 0.141. The van der Waals surface area contributed by atoms with Crippen molar-refractivity contribution in [3.63, 3.8) is 0 Å². The second-order valence-corrected chi connectivity index (χ2v) is 5.46. The molecule has 0 bridgehead atoms. The predicted molar refractivity (Wildman–Crippen MR) is 73.7 cm³/mol. The Bertz CT molecular complexity index is 327. The minimum Gasteiger partial charge on any atom is -0.341 e. The summed E-state index contributed by atoms with van der Waals surface area (Å²) in [6.45, 7) is 6.71. The largest absolute Gasteiger partial charge is 0.341 e. The van der Waals surface area contributed by atoms with Crippen LogP contribution in [0.15, 0.2) is 0 Å². The quantitative estimate of drug-likeness (QED) is 0.790. The molecule has 0 aromatic carbocycles. The molecule has 0 spiro atoms. The molecule has 2 amide bonds. The lowest BCUT2D eigenvalue weighted by molar-refractivity contribution is -0.136. The van der Waals surface area contributed by atoms with Gasteiger partial charge in [-0.2, -0.15) is 0 Å². The molecule has 5 nitrogen and oxygen atoms in total. The molecule has 1 atom stereocenters. The SMILES string of the molecule is CCC(=O)N1CCCN(C(=O)[C@H]2CCCNC2)CC1. The van der Waals surface area contributed by atoms with Gasteiger partial charge in [-0.25, -0.2) is 0 Å². The normalized spacial score (nSPS) is 25.0. The third kappa shape index (κ3) is 3.69. The van der Waals surface area contributed by atoms with Crippen LogP contribution in [0.2, 0.25) is 0 Å². The van der Waals surface area contributed by atoms with Crippen molar-refractivity contribution in [2.24, 2.45) is 5.92 Å². The molecule has 0 aromatic rings. The summed E-state index contributed by atoms with van der Waals surface area (Å²) in [6, 6.07) is 0. The summed E-state index contributed by atoms with van der Waals surface area (Å²) in [5.41, 5.74) is 0. The van der Waals surface area contributed by atoms with Crippen molar-refractivity contribution in [3.05, 3.63) is 0 Å². The molecule has 1 N–H and O–H groups in total. The zero-order chi connectivity index (χ0) is 13.7. The van der Waals surface area contributed by atoms with E-state index < -0.39 is 0 Å². The molecule has 0 radical (unpaired) electrons. The van der Waals surface area contributed by atoms with Gasteiger partial charge in [-0.3, -0.25) is 9.59 Å². The number of nitrogens with one attached hydrogen (secondary N) is 1. The van der Waals surface area contributed by atoms with E-state index in [-0.39, 0.29) is 17.7 Å². The van der Waals surface area contributed by atoms with Gasteiger partial charge in [0, 0.05) is 39.1 Å². The number of hydrogen-bond donors (Lipinski definition) is 1. The second-order valence-electron chi connectivity index (χ2n) is 5.46. The Morgan fingerprint density at radius 2 is 1.84 bits per heavy atom. The molecule has 2 aliphatic heterocycles. The molecule has 0 aromatic heterocycles. The van der Waals surface area contributed by atoms with Crippen molar-refractivity contribution in [1.82, 2.24) is 15.1 Å². The van der Waals surface area contributed by atoms with Crippen LogP contribution in [-0.4, -0.2) is 60.9 Å². The Morgan fingerprint density at radius 3 is 2.53 bits per heavy atom. The average molecular weight is 267 g/mol. The third-order valence-corrected chi connectivity index (χ3v) is 4.11. The lowest BCUT2D eigenvalue weighted by Crippen LogP contribution is -2.44. The first-order valence-electron chi connectivity index (χ1n) is 7.49. The van der Waals surface area contributed by atoms with Crippen LogP contribution >= 0.6 is 0 Å². The van der Waals surface area contributed by atoms with Gasteiger partial charge in [0.25, 0.3) is 0 Å². The highest BCUT2D eigenvalue weighted by molar-refractivity contribution is 5.79. The highest BCUT2D eigenvalue weighted by Crippen LogP contribution is 2.15. The number of hydrogen-bond acceptors (Lipinski definition) is 3. The van der Waals surface area contributed by atoms with Gasteiger partial charge in [0.1, 0.15) is 0 Å². The van der Waals surface area contributed by atoms with Gasteiger partial charge >= 0.3 is 0 Å². The first-order chi connectivity index (χ1) is 9.22. The van der Waals surface area contributed by atoms with Crippen molar-refractivity contribution in [3.8, 4) is 0 Å². The Kier molecular flexibility index (Phi) is 5.19. The van der Waals surface area contributed by atoms with Gasteiger partial charge in [-0.05, 0) is 25.8 Å². The number of piperidine rings is 1. The van der Waals surface area contributed by atoms with Crippen LogP contribution in [0, 0.1) is 5.92 Å². The van der Waals surface area contributed by atoms with Crippen molar-refractivity contribution in [2.75, 3.05) is 39.3 Å². The maximum Gasteiger partial charge on any atom is 0.227 e. The van der Waals surface area contributed by atoms with Crippen molar-refractivity contribution < 1.29 is 9.59 Å². The number of amides is 2. The molecule has 0 saturated carbocycles. The van der Waals surface area contributed by atoms with Crippen LogP contribution in [0.4, 0.5) is 0 Å². The number of rotatable bonds is 2. The van der Waals surface area contributed by atoms with Crippen LogP contribution in [0.5, 0.6) is 0 Å². The molecule has 19 heavy (non-hydrogen) atoms. The third-order valence-electron chi connectivity index (χ3n) is 4.11. The van der Waals surface area contributed by atoms with E-state index in [1.54, 1.807) is 0 Å². The summed E-state index contributed by atoms with van der Waals surface area (Å²) in [4.78, 5) is 28.0. The summed E-state index contributed by atoms with van der Waals surface area (Å²) in [7, 11) is 0. The molecule has 0 aliphatic carbocycles. The van der Waals surface area contributed by atoms with E-state index in [0.29, 0.717) is 19.5 Å². The molecule has 108 valence electrons. The van der Waals surface area contributed by atoms with Crippen LogP contribution in [-0.2, 0) is 9.59 Å². The molecule has 0 unspecified atom stereocenters. The maximum atomic E-state index is 12.4. The molecule has 2 heterocycles. The zero-order valence-corrected chi connectivity index (χ0v) is 11.9. The van der Waals surface area contributed by atoms with Gasteiger partial charge in [0.2, 0.25) is 11.8 Å². The van der Waals surface area contributed by atoms with Crippen molar-refractivity contribution >= 4 is 11.8 Å². The van der Waals surface area contributed by atoms with Gasteiger partial charge in [-0.15, -0.1) is 0 Å². The Hall–Kier alpha value is -1.10. The summed E-state index contributed by atoms with van der Waals surface area (Å²) in [5, 5.41) is 3.29. The Morgan fingerprint density at radius 1 is 1.11 bits per heavy atom. The molecule has 2 fully saturated rings. The summed E-state index contributed by atoms with van der Waals surface area (Å²) < 4.78 is 0. The van der Waals surface area contributed by atoms with Gasteiger partial charge in [-0.1, -0.05) is 6.92 Å². The summed E-state index contributed by atoms with van der Waals surface area (Å²) in [6.07, 6.45) is 3.54. The van der Waals surface area contributed by atoms with E-state index in [0.717, 1.165) is 45.4 Å². The van der Waals surface area contributed by atoms with Crippen molar-refractivity contribution in [2.45, 2.75) is 32.6 Å². The Labute approximate surface area is 115 Å². The molecule has 5 heteroatoms. The first kappa shape index (κ1) is 14.3. The standard InChI is InChI=1S/C14H25N3O2/c1-2-13(18)16-7-4-8-17(10-9-16)14(19)12-5-3-6-15-11-12/h12,15H,2-11H2,1H3/t12-/m0/s1. The van der Waals surface area contributed by atoms with E-state index in [2.05, 4.69) is 5.32 Å². The topological polar surface area (TPSA) is 52.7 Å². The monoisotopic (exact) mass is 267 g/mol. The first-order valence-corrected chi connectivity index (χ1v) is 7.49. The second kappa shape index (κ2) is 6.89. The van der Waals surface area contributed by atoms with Crippen LogP contribution < -0.4 is 5.32 Å². The van der Waals surface area contributed by atoms with Gasteiger partial charge < -0.3 is 15.1 Å². The van der Waals surface area contributed by atoms with Crippen molar-refractivity contribution in [1.29, 1.82) is 0 Å². The van der Waals surface area contributed by atoms with E-state index in [9.17, 15) is 9.59 Å². The molecule has 2 saturated heterocycles. The number of nitrogens with zero attached hydrogens (tertiary/aromatic N) is 2. The van der Waals surface area contributed by atoms with E-state index in [1.165, 1.54) is 0 Å². The summed E-state index contributed by atoms with van der Waals surface area (Å²) in [5.74, 6) is 0.619. The minimum absolute atomic E-state index is 0.141.